The Morgan fingerprint density at radius 2 is 1.95 bits per heavy atom. The molecule has 2 aromatic heterocycles. The van der Waals surface area contributed by atoms with Crippen LogP contribution in [0.5, 0.6) is 0 Å². The number of fused-ring (bicyclic) bond motifs is 3. The van der Waals surface area contributed by atoms with Gasteiger partial charge in [0.15, 0.2) is 0 Å². The number of methoxy groups -OCH3 is 1. The average molecular weight is 308 g/mol. The first-order valence-corrected chi connectivity index (χ1v) is 6.42. The first-order chi connectivity index (χ1) is 10.4. The van der Waals surface area contributed by atoms with Crippen molar-refractivity contribution in [3.8, 4) is 0 Å². The first kappa shape index (κ1) is 14.4. The van der Waals surface area contributed by atoms with Gasteiger partial charge in [0.25, 0.3) is 0 Å². The number of halogens is 3. The molecule has 2 heterocycles. The molecule has 0 radical (unpaired) electrons. The number of carbonyl (C=O) groups excluding carboxylic acids is 1. The summed E-state index contributed by atoms with van der Waals surface area (Å²) < 4.78 is 44.3. The molecule has 0 aliphatic carbocycles. The lowest BCUT2D eigenvalue weighted by molar-refractivity contribution is -0.139. The highest BCUT2D eigenvalue weighted by atomic mass is 19.4. The Morgan fingerprint density at radius 3 is 2.64 bits per heavy atom. The normalized spacial score (nSPS) is 12.0. The van der Waals surface area contributed by atoms with Gasteiger partial charge in [-0.1, -0.05) is 6.07 Å². The van der Waals surface area contributed by atoms with Crippen LogP contribution in [0.3, 0.4) is 0 Å². The third-order valence-electron chi connectivity index (χ3n) is 3.43. The van der Waals surface area contributed by atoms with Crippen molar-refractivity contribution in [1.29, 1.82) is 0 Å². The van der Waals surface area contributed by atoms with Crippen molar-refractivity contribution in [1.82, 2.24) is 9.55 Å². The van der Waals surface area contributed by atoms with E-state index in [1.165, 1.54) is 31.6 Å². The number of alkyl halides is 3. The summed E-state index contributed by atoms with van der Waals surface area (Å²) in [5, 5.41) is 1.29. The van der Waals surface area contributed by atoms with Crippen LogP contribution in [0.2, 0.25) is 0 Å². The Bertz CT molecular complexity index is 868. The van der Waals surface area contributed by atoms with Crippen molar-refractivity contribution in [3.05, 3.63) is 42.2 Å². The average Bonchev–Trinajstić information content (AvgIpc) is 2.79. The minimum atomic E-state index is -4.38. The Morgan fingerprint density at radius 1 is 1.23 bits per heavy atom. The van der Waals surface area contributed by atoms with E-state index in [4.69, 9.17) is 0 Å². The molecule has 0 bridgehead atoms. The van der Waals surface area contributed by atoms with Gasteiger partial charge in [0.1, 0.15) is 6.54 Å². The van der Waals surface area contributed by atoms with Crippen molar-refractivity contribution in [2.24, 2.45) is 0 Å². The molecule has 22 heavy (non-hydrogen) atoms. The highest BCUT2D eigenvalue weighted by Crippen LogP contribution is 2.32. The monoisotopic (exact) mass is 308 g/mol. The molecule has 0 amide bonds. The number of aromatic nitrogens is 2. The van der Waals surface area contributed by atoms with Crippen molar-refractivity contribution in [2.45, 2.75) is 12.7 Å². The number of esters is 1. The van der Waals surface area contributed by atoms with Crippen molar-refractivity contribution in [2.75, 3.05) is 7.11 Å². The van der Waals surface area contributed by atoms with Gasteiger partial charge in [-0.3, -0.25) is 4.98 Å². The van der Waals surface area contributed by atoms with Gasteiger partial charge in [-0.15, -0.1) is 0 Å². The third-order valence-corrected chi connectivity index (χ3v) is 3.43. The molecule has 3 aromatic rings. The number of hydrogen-bond donors (Lipinski definition) is 0. The Hall–Kier alpha value is -2.57. The number of carbonyl (C=O) groups is 1. The van der Waals surface area contributed by atoms with Gasteiger partial charge in [0.05, 0.1) is 29.9 Å². The van der Waals surface area contributed by atoms with Crippen LogP contribution in [0.4, 0.5) is 13.2 Å². The number of ether oxygens (including phenoxy) is 1. The van der Waals surface area contributed by atoms with Gasteiger partial charge in [-0.05, 0) is 18.2 Å². The second kappa shape index (κ2) is 5.01. The summed E-state index contributed by atoms with van der Waals surface area (Å²) in [5.74, 6) is -0.594. The lowest BCUT2D eigenvalue weighted by atomic mass is 10.1. The number of rotatable bonds is 2. The van der Waals surface area contributed by atoms with Gasteiger partial charge in [0, 0.05) is 17.0 Å². The molecule has 0 saturated heterocycles. The van der Waals surface area contributed by atoms with Crippen molar-refractivity contribution < 1.29 is 22.7 Å². The van der Waals surface area contributed by atoms with Crippen LogP contribution >= 0.6 is 0 Å². The van der Waals surface area contributed by atoms with E-state index in [0.717, 1.165) is 4.57 Å². The Labute approximate surface area is 123 Å². The predicted molar refractivity (Wildman–Crippen MR) is 74.6 cm³/mol. The minimum Gasteiger partial charge on any atom is -0.465 e. The molecule has 1 aromatic carbocycles. The largest absolute Gasteiger partial charge is 0.465 e. The van der Waals surface area contributed by atoms with Crippen LogP contribution in [0, 0.1) is 0 Å². The summed E-state index contributed by atoms with van der Waals surface area (Å²) >= 11 is 0. The van der Waals surface area contributed by atoms with Crippen molar-refractivity contribution >= 4 is 27.8 Å². The Kier molecular flexibility index (Phi) is 3.27. The molecular formula is C15H11F3N2O2. The zero-order valence-electron chi connectivity index (χ0n) is 11.5. The van der Waals surface area contributed by atoms with E-state index in [1.54, 1.807) is 12.1 Å². The second-order valence-electron chi connectivity index (χ2n) is 4.82. The molecule has 0 saturated carbocycles. The van der Waals surface area contributed by atoms with Crippen LogP contribution in [0.1, 0.15) is 10.4 Å². The van der Waals surface area contributed by atoms with Crippen LogP contribution in [-0.4, -0.2) is 28.8 Å². The standard InChI is InChI=1S/C15H11F3N2O2/c1-22-14(21)9-2-3-10-11-4-5-19-7-13(11)20(12(10)6-9)8-15(16,17)18/h2-7H,8H2,1H3. The predicted octanol–water partition coefficient (Wildman–Crippen LogP) is 3.54. The Balaban J connectivity index is 2.33. The second-order valence-corrected chi connectivity index (χ2v) is 4.82. The van der Waals surface area contributed by atoms with E-state index in [0.29, 0.717) is 21.8 Å². The van der Waals surface area contributed by atoms with Gasteiger partial charge in [-0.25, -0.2) is 4.79 Å². The number of nitrogens with zero attached hydrogens (tertiary/aromatic N) is 2. The third kappa shape index (κ3) is 2.38. The number of pyridine rings is 1. The number of hydrogen-bond acceptors (Lipinski definition) is 3. The van der Waals surface area contributed by atoms with E-state index in [9.17, 15) is 18.0 Å². The number of benzene rings is 1. The molecule has 0 N–H and O–H groups in total. The first-order valence-electron chi connectivity index (χ1n) is 6.42. The fourth-order valence-corrected chi connectivity index (χ4v) is 2.54. The molecule has 0 spiro atoms. The highest BCUT2D eigenvalue weighted by molar-refractivity contribution is 6.09. The van der Waals surface area contributed by atoms with E-state index < -0.39 is 18.7 Å². The maximum atomic E-state index is 12.9. The molecule has 0 fully saturated rings. The SMILES string of the molecule is COC(=O)c1ccc2c3ccncc3n(CC(F)(F)F)c2c1. The van der Waals surface area contributed by atoms with Crippen LogP contribution in [0.25, 0.3) is 21.8 Å². The summed E-state index contributed by atoms with van der Waals surface area (Å²) in [6.45, 7) is -1.15. The highest BCUT2D eigenvalue weighted by Gasteiger charge is 2.30. The van der Waals surface area contributed by atoms with Gasteiger partial charge in [0.2, 0.25) is 0 Å². The zero-order valence-corrected chi connectivity index (χ0v) is 11.5. The molecule has 0 aliphatic rings. The molecule has 0 aliphatic heterocycles. The lowest BCUT2D eigenvalue weighted by Crippen LogP contribution is -2.17. The molecule has 0 atom stereocenters. The fraction of sp³-hybridized carbons (Fsp3) is 0.200. The molecule has 4 nitrogen and oxygen atoms in total. The van der Waals surface area contributed by atoms with Crippen LogP contribution in [0.15, 0.2) is 36.7 Å². The summed E-state index contributed by atoms with van der Waals surface area (Å²) in [6.07, 6.45) is -1.47. The van der Waals surface area contributed by atoms with E-state index in [-0.39, 0.29) is 5.56 Å². The van der Waals surface area contributed by atoms with E-state index in [2.05, 4.69) is 9.72 Å². The zero-order chi connectivity index (χ0) is 15.9. The minimum absolute atomic E-state index is 0.203. The van der Waals surface area contributed by atoms with Gasteiger partial charge in [-0.2, -0.15) is 13.2 Å². The smallest absolute Gasteiger partial charge is 0.406 e. The van der Waals surface area contributed by atoms with Crippen LogP contribution in [-0.2, 0) is 11.3 Å². The maximum Gasteiger partial charge on any atom is 0.406 e. The molecule has 3 rings (SSSR count). The van der Waals surface area contributed by atoms with Crippen molar-refractivity contribution in [3.63, 3.8) is 0 Å². The molecule has 7 heteroatoms. The maximum absolute atomic E-state index is 12.9. The molecule has 0 unspecified atom stereocenters. The summed E-state index contributed by atoms with van der Waals surface area (Å²) in [7, 11) is 1.22. The lowest BCUT2D eigenvalue weighted by Gasteiger charge is -2.10. The van der Waals surface area contributed by atoms with Crippen LogP contribution < -0.4 is 0 Å². The summed E-state index contributed by atoms with van der Waals surface area (Å²) in [5.41, 5.74) is 0.897. The fourth-order valence-electron chi connectivity index (χ4n) is 2.54. The summed E-state index contributed by atoms with van der Waals surface area (Å²) in [4.78, 5) is 15.5. The molecule has 114 valence electrons. The quantitative estimate of drug-likeness (QED) is 0.680. The van der Waals surface area contributed by atoms with Gasteiger partial charge < -0.3 is 9.30 Å². The molecular weight excluding hydrogens is 297 g/mol. The van der Waals surface area contributed by atoms with E-state index >= 15 is 0 Å². The van der Waals surface area contributed by atoms with Gasteiger partial charge >= 0.3 is 12.1 Å². The van der Waals surface area contributed by atoms with E-state index in [1.807, 2.05) is 0 Å². The topological polar surface area (TPSA) is 44.1 Å². The summed E-state index contributed by atoms with van der Waals surface area (Å²) in [6, 6.07) is 6.22.